The van der Waals surface area contributed by atoms with Gasteiger partial charge in [-0.2, -0.15) is 5.10 Å². The van der Waals surface area contributed by atoms with E-state index in [0.717, 1.165) is 15.4 Å². The summed E-state index contributed by atoms with van der Waals surface area (Å²) < 4.78 is 28.3. The van der Waals surface area contributed by atoms with Crippen LogP contribution in [0.3, 0.4) is 0 Å². The molecule has 186 valence electrons. The number of sulfonamides is 1. The summed E-state index contributed by atoms with van der Waals surface area (Å²) in [5.74, 6) is -1.13. The Morgan fingerprint density at radius 1 is 0.972 bits per heavy atom. The van der Waals surface area contributed by atoms with Crippen LogP contribution in [0.2, 0.25) is 0 Å². The lowest BCUT2D eigenvalue weighted by Gasteiger charge is -2.25. The van der Waals surface area contributed by atoms with Crippen LogP contribution in [-0.4, -0.2) is 32.5 Å². The van der Waals surface area contributed by atoms with Gasteiger partial charge in [0.1, 0.15) is 6.54 Å². The summed E-state index contributed by atoms with van der Waals surface area (Å²) in [7, 11) is -4.08. The van der Waals surface area contributed by atoms with Crippen molar-refractivity contribution in [2.75, 3.05) is 16.2 Å². The molecule has 36 heavy (non-hydrogen) atoms. The van der Waals surface area contributed by atoms with Crippen molar-refractivity contribution in [1.82, 2.24) is 5.43 Å². The fraction of sp³-hybridized carbons (Fsp3) is 0.222. The maximum absolute atomic E-state index is 13.6. The van der Waals surface area contributed by atoms with E-state index in [-0.39, 0.29) is 16.0 Å². The molecule has 0 aromatic heterocycles. The normalized spacial score (nSPS) is 14.3. The zero-order chi connectivity index (χ0) is 26.1. The minimum Gasteiger partial charge on any atom is -0.320 e. The fourth-order valence-corrected chi connectivity index (χ4v) is 5.20. The van der Waals surface area contributed by atoms with Crippen molar-refractivity contribution in [1.29, 1.82) is 0 Å². The van der Waals surface area contributed by atoms with Gasteiger partial charge in [0.25, 0.3) is 21.8 Å². The number of fused-ring (bicyclic) bond motifs is 1. The molecule has 0 saturated heterocycles. The highest BCUT2D eigenvalue weighted by Crippen LogP contribution is 2.27. The molecule has 1 heterocycles. The summed E-state index contributed by atoms with van der Waals surface area (Å²) in [5.41, 5.74) is 5.70. The summed E-state index contributed by atoms with van der Waals surface area (Å²) in [6.07, 6.45) is 0. The first-order valence-corrected chi connectivity index (χ1v) is 12.9. The average Bonchev–Trinajstić information content (AvgIpc) is 3.16. The smallest absolute Gasteiger partial charge is 0.276 e. The Hall–Kier alpha value is -3.98. The number of hydrazone groups is 1. The van der Waals surface area contributed by atoms with Gasteiger partial charge in [-0.3, -0.25) is 13.9 Å². The van der Waals surface area contributed by atoms with Crippen molar-refractivity contribution in [3.8, 4) is 0 Å². The molecule has 4 rings (SSSR count). The molecule has 2 N–H and O–H groups in total. The second kappa shape index (κ2) is 9.58. The van der Waals surface area contributed by atoms with Gasteiger partial charge in [0, 0.05) is 5.56 Å². The van der Waals surface area contributed by atoms with E-state index in [1.54, 1.807) is 72.8 Å². The second-order valence-corrected chi connectivity index (χ2v) is 11.5. The van der Waals surface area contributed by atoms with Crippen LogP contribution in [0.25, 0.3) is 0 Å². The number of rotatable bonds is 6. The SMILES string of the molecule is Cc1ccc(N(CC(=O)N/N=C2/C(=O)Nc3ccccc32)S(=O)(=O)c2ccc(C(C)(C)C)cc2)cc1. The molecule has 0 radical (unpaired) electrons. The maximum atomic E-state index is 13.6. The van der Waals surface area contributed by atoms with Crippen LogP contribution >= 0.6 is 0 Å². The maximum Gasteiger partial charge on any atom is 0.276 e. The second-order valence-electron chi connectivity index (χ2n) is 9.62. The average molecular weight is 505 g/mol. The number of aryl methyl sites for hydroxylation is 1. The highest BCUT2D eigenvalue weighted by atomic mass is 32.2. The summed E-state index contributed by atoms with van der Waals surface area (Å²) in [6.45, 7) is 7.51. The third-order valence-corrected chi connectivity index (χ3v) is 7.64. The molecule has 0 aliphatic carbocycles. The van der Waals surface area contributed by atoms with Gasteiger partial charge in [0.2, 0.25) is 0 Å². The largest absolute Gasteiger partial charge is 0.320 e. The number of carbonyl (C=O) groups is 2. The van der Waals surface area contributed by atoms with Crippen LogP contribution in [0, 0.1) is 6.92 Å². The molecular weight excluding hydrogens is 476 g/mol. The first kappa shape index (κ1) is 25.1. The third-order valence-electron chi connectivity index (χ3n) is 5.86. The van der Waals surface area contributed by atoms with E-state index in [0.29, 0.717) is 16.9 Å². The highest BCUT2D eigenvalue weighted by molar-refractivity contribution is 7.92. The zero-order valence-corrected chi connectivity index (χ0v) is 21.4. The van der Waals surface area contributed by atoms with Gasteiger partial charge in [-0.05, 0) is 48.2 Å². The van der Waals surface area contributed by atoms with Gasteiger partial charge in [-0.15, -0.1) is 0 Å². The number of hydrogen-bond donors (Lipinski definition) is 2. The number of amides is 2. The van der Waals surface area contributed by atoms with Crippen molar-refractivity contribution in [2.45, 2.75) is 38.0 Å². The van der Waals surface area contributed by atoms with Crippen LogP contribution in [0.5, 0.6) is 0 Å². The lowest BCUT2D eigenvalue weighted by Crippen LogP contribution is -2.40. The van der Waals surface area contributed by atoms with Crippen molar-refractivity contribution >= 4 is 38.9 Å². The summed E-state index contributed by atoms with van der Waals surface area (Å²) >= 11 is 0. The Labute approximate surface area is 211 Å². The van der Waals surface area contributed by atoms with Gasteiger partial charge in [0.05, 0.1) is 16.3 Å². The highest BCUT2D eigenvalue weighted by Gasteiger charge is 2.29. The molecular formula is C27H28N4O4S. The Morgan fingerprint density at radius 2 is 1.61 bits per heavy atom. The van der Waals surface area contributed by atoms with Crippen LogP contribution in [0.1, 0.15) is 37.5 Å². The van der Waals surface area contributed by atoms with Crippen molar-refractivity contribution < 1.29 is 18.0 Å². The number of hydrogen-bond acceptors (Lipinski definition) is 5. The van der Waals surface area contributed by atoms with Crippen LogP contribution in [-0.2, 0) is 25.0 Å². The molecule has 0 spiro atoms. The molecule has 8 nitrogen and oxygen atoms in total. The van der Waals surface area contributed by atoms with E-state index >= 15 is 0 Å². The number of benzene rings is 3. The Kier molecular flexibility index (Phi) is 6.69. The van der Waals surface area contributed by atoms with E-state index in [4.69, 9.17) is 0 Å². The molecule has 0 unspecified atom stereocenters. The number of carbonyl (C=O) groups excluding carboxylic acids is 2. The van der Waals surface area contributed by atoms with Gasteiger partial charge >= 0.3 is 0 Å². The topological polar surface area (TPSA) is 108 Å². The Bertz CT molecular complexity index is 1440. The van der Waals surface area contributed by atoms with E-state index in [1.807, 2.05) is 27.7 Å². The van der Waals surface area contributed by atoms with Crippen LogP contribution in [0.15, 0.2) is 82.8 Å². The van der Waals surface area contributed by atoms with Gasteiger partial charge in [0.15, 0.2) is 5.71 Å². The van der Waals surface area contributed by atoms with Crippen molar-refractivity contribution in [2.24, 2.45) is 5.10 Å². The third kappa shape index (κ3) is 5.16. The van der Waals surface area contributed by atoms with Gasteiger partial charge in [-0.25, -0.2) is 13.8 Å². The molecule has 2 amide bonds. The summed E-state index contributed by atoms with van der Waals surface area (Å²) in [6, 6.07) is 20.5. The zero-order valence-electron chi connectivity index (χ0n) is 20.6. The molecule has 1 aliphatic heterocycles. The van der Waals surface area contributed by atoms with Crippen LogP contribution < -0.4 is 15.0 Å². The number of nitrogens with one attached hydrogen (secondary N) is 2. The minimum absolute atomic E-state index is 0.0569. The van der Waals surface area contributed by atoms with Crippen molar-refractivity contribution in [3.05, 3.63) is 89.5 Å². The fourth-order valence-electron chi connectivity index (χ4n) is 3.78. The molecule has 0 atom stereocenters. The Balaban J connectivity index is 1.62. The molecule has 3 aromatic rings. The van der Waals surface area contributed by atoms with Gasteiger partial charge in [-0.1, -0.05) is 68.8 Å². The predicted octanol–water partition coefficient (Wildman–Crippen LogP) is 3.96. The van der Waals surface area contributed by atoms with E-state index in [2.05, 4.69) is 15.8 Å². The predicted molar refractivity (Wildman–Crippen MR) is 141 cm³/mol. The first-order chi connectivity index (χ1) is 17.0. The molecule has 0 bridgehead atoms. The van der Waals surface area contributed by atoms with Crippen LogP contribution in [0.4, 0.5) is 11.4 Å². The number of anilines is 2. The lowest BCUT2D eigenvalue weighted by atomic mass is 9.87. The Morgan fingerprint density at radius 3 is 2.25 bits per heavy atom. The lowest BCUT2D eigenvalue weighted by molar-refractivity contribution is -0.119. The monoisotopic (exact) mass is 504 g/mol. The molecule has 9 heteroatoms. The number of nitrogens with zero attached hydrogens (tertiary/aromatic N) is 2. The molecule has 1 aliphatic rings. The minimum atomic E-state index is -4.08. The van der Waals surface area contributed by atoms with E-state index < -0.39 is 28.4 Å². The summed E-state index contributed by atoms with van der Waals surface area (Å²) in [4.78, 5) is 25.2. The number of para-hydroxylation sites is 1. The molecule has 3 aromatic carbocycles. The molecule has 0 saturated carbocycles. The summed E-state index contributed by atoms with van der Waals surface area (Å²) in [5, 5.41) is 6.66. The van der Waals surface area contributed by atoms with Gasteiger partial charge < -0.3 is 5.32 Å². The van der Waals surface area contributed by atoms with E-state index in [9.17, 15) is 18.0 Å². The quantitative estimate of drug-likeness (QED) is 0.496. The first-order valence-electron chi connectivity index (χ1n) is 11.4. The molecule has 0 fully saturated rings. The standard InChI is InChI=1S/C27H28N4O4S/c1-18-9-13-20(14-10-18)31(36(34,35)21-15-11-19(12-16-21)27(2,3)4)17-24(32)29-30-25-22-7-5-6-8-23(22)28-26(25)33/h5-16H,17H2,1-4H3,(H,29,32)(H,28,30,33). The van der Waals surface area contributed by atoms with Crippen molar-refractivity contribution in [3.63, 3.8) is 0 Å². The van der Waals surface area contributed by atoms with E-state index in [1.165, 1.54) is 0 Å².